The Labute approximate surface area is 145 Å². The summed E-state index contributed by atoms with van der Waals surface area (Å²) in [6.45, 7) is 6.39. The van der Waals surface area contributed by atoms with Crippen molar-refractivity contribution in [3.63, 3.8) is 0 Å². The minimum absolute atomic E-state index is 0.00775. The smallest absolute Gasteiger partial charge is 0.204 e. The van der Waals surface area contributed by atoms with E-state index in [1.54, 1.807) is 12.1 Å². The van der Waals surface area contributed by atoms with Crippen molar-refractivity contribution < 1.29 is 19.7 Å². The number of hydrogen-bond acceptors (Lipinski definition) is 6. The zero-order valence-corrected chi connectivity index (χ0v) is 14.1. The normalized spacial score (nSPS) is 10.3. The van der Waals surface area contributed by atoms with E-state index in [0.29, 0.717) is 5.56 Å². The first-order valence-corrected chi connectivity index (χ1v) is 7.95. The highest BCUT2D eigenvalue weighted by Crippen LogP contribution is 2.29. The summed E-state index contributed by atoms with van der Waals surface area (Å²) < 4.78 is 5.29. The largest absolute Gasteiger partial charge is 0.508 e. The molecule has 0 amide bonds. The molecule has 0 aliphatic heterocycles. The molecular formula is C19H21NO5. The van der Waals surface area contributed by atoms with Crippen molar-refractivity contribution in [1.29, 1.82) is 0 Å². The Hall–Kier alpha value is -2.99. The summed E-state index contributed by atoms with van der Waals surface area (Å²) in [4.78, 5) is 12.4. The zero-order valence-electron chi connectivity index (χ0n) is 14.1. The highest BCUT2D eigenvalue weighted by molar-refractivity contribution is 5.87. The third-order valence-corrected chi connectivity index (χ3v) is 3.52. The molecule has 4 N–H and O–H groups in total. The fourth-order valence-corrected chi connectivity index (χ4v) is 2.31. The van der Waals surface area contributed by atoms with Crippen LogP contribution in [0.5, 0.6) is 17.2 Å². The molecule has 0 radical (unpaired) electrons. The van der Waals surface area contributed by atoms with E-state index in [0.717, 1.165) is 19.2 Å². The number of phenols is 3. The summed E-state index contributed by atoms with van der Waals surface area (Å²) in [5.41, 5.74) is 0.522. The van der Waals surface area contributed by atoms with Crippen LogP contribution in [0, 0.1) is 0 Å². The third-order valence-electron chi connectivity index (χ3n) is 3.52. The molecule has 0 bridgehead atoms. The molecule has 3 rings (SSSR count). The molecular weight excluding hydrogens is 322 g/mol. The van der Waals surface area contributed by atoms with Crippen LogP contribution in [0.15, 0.2) is 51.9 Å². The second-order valence-corrected chi connectivity index (χ2v) is 5.32. The van der Waals surface area contributed by atoms with Crippen molar-refractivity contribution in [2.75, 3.05) is 13.1 Å². The Balaban J connectivity index is 0.000000399. The number of benzene rings is 2. The maximum atomic E-state index is 12.4. The van der Waals surface area contributed by atoms with Crippen molar-refractivity contribution in [2.45, 2.75) is 13.8 Å². The molecule has 25 heavy (non-hydrogen) atoms. The van der Waals surface area contributed by atoms with Crippen LogP contribution in [-0.4, -0.2) is 28.4 Å². The first-order valence-electron chi connectivity index (χ1n) is 7.95. The fraction of sp³-hybridized carbons (Fsp3) is 0.211. The number of aromatic hydroxyl groups is 3. The molecule has 1 heterocycles. The first kappa shape index (κ1) is 18.4. The molecule has 3 aromatic rings. The van der Waals surface area contributed by atoms with Gasteiger partial charge in [0.25, 0.3) is 0 Å². The van der Waals surface area contributed by atoms with Crippen molar-refractivity contribution in [3.8, 4) is 28.4 Å². The number of fused-ring (bicyclic) bond motifs is 1. The number of hydrogen-bond donors (Lipinski definition) is 4. The van der Waals surface area contributed by atoms with E-state index in [9.17, 15) is 20.1 Å². The summed E-state index contributed by atoms with van der Waals surface area (Å²) >= 11 is 0. The standard InChI is InChI=1S/C15H10O5.C4H11N/c16-9-3-1-8(2-4-9)11-7-20-13-6-10(17)5-12(18)14(13)15(11)19;1-3-5-4-2/h1-7,16-18H;5H,3-4H2,1-2H3. The lowest BCUT2D eigenvalue weighted by Crippen LogP contribution is -2.09. The average Bonchev–Trinajstić information content (AvgIpc) is 2.57. The van der Waals surface area contributed by atoms with Gasteiger partial charge in [-0.1, -0.05) is 26.0 Å². The van der Waals surface area contributed by atoms with Gasteiger partial charge in [-0.05, 0) is 30.8 Å². The van der Waals surface area contributed by atoms with E-state index in [-0.39, 0.29) is 33.8 Å². The quantitative estimate of drug-likeness (QED) is 0.582. The monoisotopic (exact) mass is 343 g/mol. The average molecular weight is 343 g/mol. The fourth-order valence-electron chi connectivity index (χ4n) is 2.31. The van der Waals surface area contributed by atoms with E-state index >= 15 is 0 Å². The maximum absolute atomic E-state index is 12.4. The molecule has 1 aromatic heterocycles. The van der Waals surface area contributed by atoms with Gasteiger partial charge in [-0.25, -0.2) is 0 Å². The highest BCUT2D eigenvalue weighted by atomic mass is 16.3. The second-order valence-electron chi connectivity index (χ2n) is 5.32. The molecule has 0 aliphatic rings. The van der Waals surface area contributed by atoms with Gasteiger partial charge in [0.2, 0.25) is 5.43 Å². The Morgan fingerprint density at radius 1 is 0.960 bits per heavy atom. The van der Waals surface area contributed by atoms with Crippen LogP contribution in [0.25, 0.3) is 22.1 Å². The van der Waals surface area contributed by atoms with Crippen LogP contribution in [0.4, 0.5) is 0 Å². The minimum Gasteiger partial charge on any atom is -0.508 e. The number of phenolic OH excluding ortho intramolecular Hbond substituents is 3. The lowest BCUT2D eigenvalue weighted by molar-refractivity contribution is 0.452. The SMILES string of the molecule is CCNCC.O=c1c(-c2ccc(O)cc2)coc2cc(O)cc(O)c12. The molecule has 0 unspecified atom stereocenters. The van der Waals surface area contributed by atoms with Gasteiger partial charge < -0.3 is 25.1 Å². The maximum Gasteiger partial charge on any atom is 0.204 e. The predicted molar refractivity (Wildman–Crippen MR) is 97.1 cm³/mol. The topological polar surface area (TPSA) is 103 Å². The van der Waals surface area contributed by atoms with Gasteiger partial charge >= 0.3 is 0 Å². The van der Waals surface area contributed by atoms with Crippen LogP contribution >= 0.6 is 0 Å². The Morgan fingerprint density at radius 2 is 1.60 bits per heavy atom. The summed E-state index contributed by atoms with van der Waals surface area (Å²) in [5, 5.41) is 31.5. The van der Waals surface area contributed by atoms with Gasteiger partial charge in [0.05, 0.1) is 5.56 Å². The molecule has 6 nitrogen and oxygen atoms in total. The van der Waals surface area contributed by atoms with Gasteiger partial charge in [-0.15, -0.1) is 0 Å². The molecule has 6 heteroatoms. The Kier molecular flexibility index (Phi) is 6.03. The first-order chi connectivity index (χ1) is 12.0. The van der Waals surface area contributed by atoms with Gasteiger partial charge in [-0.3, -0.25) is 4.79 Å². The molecule has 0 saturated carbocycles. The Morgan fingerprint density at radius 3 is 2.16 bits per heavy atom. The summed E-state index contributed by atoms with van der Waals surface area (Å²) in [6.07, 6.45) is 1.26. The lowest BCUT2D eigenvalue weighted by atomic mass is 10.0. The number of rotatable bonds is 3. The van der Waals surface area contributed by atoms with Gasteiger partial charge in [-0.2, -0.15) is 0 Å². The number of nitrogens with one attached hydrogen (secondary N) is 1. The Bertz CT molecular complexity index is 898. The van der Waals surface area contributed by atoms with E-state index in [4.69, 9.17) is 4.42 Å². The van der Waals surface area contributed by atoms with Gasteiger partial charge in [0.15, 0.2) is 0 Å². The van der Waals surface area contributed by atoms with Crippen molar-refractivity contribution in [3.05, 3.63) is 52.9 Å². The van der Waals surface area contributed by atoms with Crippen LogP contribution < -0.4 is 10.7 Å². The van der Waals surface area contributed by atoms with Crippen molar-refractivity contribution >= 4 is 11.0 Å². The summed E-state index contributed by atoms with van der Waals surface area (Å²) in [6, 6.07) is 8.40. The lowest BCUT2D eigenvalue weighted by Gasteiger charge is -2.05. The van der Waals surface area contributed by atoms with Crippen LogP contribution in [0.2, 0.25) is 0 Å². The predicted octanol–water partition coefficient (Wildman–Crippen LogP) is 3.19. The van der Waals surface area contributed by atoms with Crippen LogP contribution in [0.3, 0.4) is 0 Å². The van der Waals surface area contributed by atoms with Crippen molar-refractivity contribution in [1.82, 2.24) is 5.32 Å². The van der Waals surface area contributed by atoms with E-state index in [1.807, 2.05) is 0 Å². The summed E-state index contributed by atoms with van der Waals surface area (Å²) in [5.74, 6) is -0.434. The zero-order chi connectivity index (χ0) is 18.4. The third kappa shape index (κ3) is 4.30. The van der Waals surface area contributed by atoms with Crippen LogP contribution in [-0.2, 0) is 0 Å². The van der Waals surface area contributed by atoms with Gasteiger partial charge in [0, 0.05) is 12.1 Å². The van der Waals surface area contributed by atoms with E-state index < -0.39 is 5.43 Å². The van der Waals surface area contributed by atoms with Gasteiger partial charge in [0.1, 0.15) is 34.5 Å². The second kappa shape index (κ2) is 8.21. The van der Waals surface area contributed by atoms with E-state index in [2.05, 4.69) is 19.2 Å². The molecule has 2 aromatic carbocycles. The molecule has 0 aliphatic carbocycles. The molecule has 132 valence electrons. The van der Waals surface area contributed by atoms with Crippen molar-refractivity contribution in [2.24, 2.45) is 0 Å². The molecule has 0 fully saturated rings. The molecule has 0 saturated heterocycles. The minimum atomic E-state index is -0.408. The van der Waals surface area contributed by atoms with E-state index in [1.165, 1.54) is 24.5 Å². The highest BCUT2D eigenvalue weighted by Gasteiger charge is 2.13. The summed E-state index contributed by atoms with van der Waals surface area (Å²) in [7, 11) is 0. The van der Waals surface area contributed by atoms with Crippen LogP contribution in [0.1, 0.15) is 13.8 Å². The molecule has 0 atom stereocenters. The molecule has 0 spiro atoms.